The summed E-state index contributed by atoms with van der Waals surface area (Å²) in [5.74, 6) is -1.44. The molecule has 0 spiro atoms. The van der Waals surface area contributed by atoms with E-state index in [1.807, 2.05) is 44.4 Å². The highest BCUT2D eigenvalue weighted by Crippen LogP contribution is 2.18. The summed E-state index contributed by atoms with van der Waals surface area (Å²) in [4.78, 5) is 40.0. The Balaban J connectivity index is 3.23. The molecule has 0 saturated carbocycles. The average Bonchev–Trinajstić information content (AvgIpc) is 2.75. The Labute approximate surface area is 196 Å². The van der Waals surface area contributed by atoms with Crippen molar-refractivity contribution in [1.82, 2.24) is 4.90 Å². The molecule has 30 heavy (non-hydrogen) atoms. The van der Waals surface area contributed by atoms with E-state index in [-0.39, 0.29) is 18.8 Å². The number of amides is 2. The number of carbonyl (C=O) groups excluding carboxylic acids is 3. The van der Waals surface area contributed by atoms with E-state index < -0.39 is 35.9 Å². The van der Waals surface area contributed by atoms with E-state index in [0.29, 0.717) is 12.2 Å². The Bertz CT molecular complexity index is 717. The first-order chi connectivity index (χ1) is 14.2. The normalized spacial score (nSPS) is 15.0. The molecule has 1 aromatic carbocycles. The molecule has 2 amide bonds. The summed E-state index contributed by atoms with van der Waals surface area (Å²) in [5.41, 5.74) is 13.2. The van der Waals surface area contributed by atoms with Crippen LogP contribution >= 0.6 is 34.4 Å². The van der Waals surface area contributed by atoms with Crippen LogP contribution in [0, 0.1) is 9.49 Å². The highest BCUT2D eigenvalue weighted by Gasteiger charge is 2.40. The number of benzene rings is 1. The molecule has 4 N–H and O–H groups in total. The van der Waals surface area contributed by atoms with Crippen LogP contribution in [-0.2, 0) is 25.5 Å². The van der Waals surface area contributed by atoms with Crippen molar-refractivity contribution < 1.29 is 19.1 Å². The van der Waals surface area contributed by atoms with Gasteiger partial charge >= 0.3 is 5.97 Å². The first-order valence-corrected chi connectivity index (χ1v) is 12.3. The molecule has 0 fully saturated rings. The largest absolute Gasteiger partial charge is 0.467 e. The van der Waals surface area contributed by atoms with Gasteiger partial charge in [-0.3, -0.25) is 14.5 Å². The number of carbonyl (C=O) groups is 3. The van der Waals surface area contributed by atoms with Gasteiger partial charge in [0, 0.05) is 3.57 Å². The van der Waals surface area contributed by atoms with Gasteiger partial charge < -0.3 is 16.2 Å². The van der Waals surface area contributed by atoms with Gasteiger partial charge in [-0.1, -0.05) is 32.4 Å². The Morgan fingerprint density at radius 2 is 1.77 bits per heavy atom. The van der Waals surface area contributed by atoms with Crippen LogP contribution in [0.4, 0.5) is 0 Å². The summed E-state index contributed by atoms with van der Waals surface area (Å²) in [5, 5.41) is 0. The van der Waals surface area contributed by atoms with Gasteiger partial charge in [0.05, 0.1) is 19.2 Å². The number of methoxy groups -OCH3 is 1. The third-order valence-corrected chi connectivity index (χ3v) is 6.45. The van der Waals surface area contributed by atoms with Crippen LogP contribution in [0.25, 0.3) is 0 Å². The third-order valence-electron chi connectivity index (χ3n) is 5.08. The van der Waals surface area contributed by atoms with Gasteiger partial charge in [-0.05, 0) is 71.1 Å². The summed E-state index contributed by atoms with van der Waals surface area (Å²) in [6, 6.07) is 4.66. The summed E-state index contributed by atoms with van der Waals surface area (Å²) >= 11 is 3.70. The second kappa shape index (κ2) is 13.3. The molecule has 0 saturated heterocycles. The van der Waals surface area contributed by atoms with Crippen LogP contribution in [-0.4, -0.2) is 59.9 Å². The van der Waals surface area contributed by atoms with E-state index >= 15 is 0 Å². The van der Waals surface area contributed by atoms with Gasteiger partial charge in [0.15, 0.2) is 0 Å². The fourth-order valence-electron chi connectivity index (χ4n) is 2.93. The van der Waals surface area contributed by atoms with Crippen molar-refractivity contribution in [3.63, 3.8) is 0 Å². The number of halogens is 1. The fraction of sp³-hybridized carbons (Fsp3) is 0.571. The zero-order valence-corrected chi connectivity index (χ0v) is 20.9. The van der Waals surface area contributed by atoms with Gasteiger partial charge in [-0.2, -0.15) is 11.8 Å². The molecule has 0 aromatic heterocycles. The zero-order chi connectivity index (χ0) is 22.8. The molecule has 0 bridgehead atoms. The smallest absolute Gasteiger partial charge is 0.329 e. The molecule has 4 unspecified atom stereocenters. The highest BCUT2D eigenvalue weighted by atomic mass is 127. The maximum Gasteiger partial charge on any atom is 0.329 e. The Morgan fingerprint density at radius 1 is 1.17 bits per heavy atom. The summed E-state index contributed by atoms with van der Waals surface area (Å²) < 4.78 is 5.96. The van der Waals surface area contributed by atoms with E-state index in [1.165, 1.54) is 18.9 Å². The monoisotopic (exact) mass is 549 g/mol. The molecule has 0 heterocycles. The van der Waals surface area contributed by atoms with Crippen molar-refractivity contribution in [2.75, 3.05) is 19.1 Å². The van der Waals surface area contributed by atoms with Gasteiger partial charge in [0.25, 0.3) is 0 Å². The van der Waals surface area contributed by atoms with Crippen LogP contribution in [0.3, 0.4) is 0 Å². The Hall–Kier alpha value is -1.17. The van der Waals surface area contributed by atoms with Crippen LogP contribution in [0.5, 0.6) is 0 Å². The van der Waals surface area contributed by atoms with Gasteiger partial charge in [-0.15, -0.1) is 0 Å². The molecule has 168 valence electrons. The van der Waals surface area contributed by atoms with E-state index in [2.05, 4.69) is 22.6 Å². The molecular formula is C21H32IN3O4S. The van der Waals surface area contributed by atoms with E-state index in [4.69, 9.17) is 16.2 Å². The first kappa shape index (κ1) is 26.9. The number of ether oxygens (including phenoxy) is 1. The van der Waals surface area contributed by atoms with Crippen molar-refractivity contribution >= 4 is 52.1 Å². The number of nitrogens with zero attached hydrogens (tertiary/aromatic N) is 1. The van der Waals surface area contributed by atoms with Crippen LogP contribution in [0.15, 0.2) is 24.3 Å². The Morgan fingerprint density at radius 3 is 2.27 bits per heavy atom. The fourth-order valence-corrected chi connectivity index (χ4v) is 3.75. The molecule has 0 aliphatic rings. The van der Waals surface area contributed by atoms with Crippen LogP contribution in [0.2, 0.25) is 0 Å². The minimum atomic E-state index is -1.06. The second-order valence-electron chi connectivity index (χ2n) is 7.22. The molecule has 1 aromatic rings. The van der Waals surface area contributed by atoms with E-state index in [9.17, 15) is 14.4 Å². The van der Waals surface area contributed by atoms with Gasteiger partial charge in [-0.25, -0.2) is 4.79 Å². The lowest BCUT2D eigenvalue weighted by atomic mass is 9.96. The second-order valence-corrected chi connectivity index (χ2v) is 9.45. The standard InChI is InChI=1S/C21H32IN3O4S/c1-5-13(2)18(24)20(27)25(17(10-11-30-4)21(28)29-3)19(26)16(23)12-14-6-8-15(22)9-7-14/h6-9,13,16-18H,5,10-12,23-24H2,1-4H3. The van der Waals surface area contributed by atoms with Gasteiger partial charge in [0.1, 0.15) is 6.04 Å². The molecule has 0 aliphatic heterocycles. The minimum Gasteiger partial charge on any atom is -0.467 e. The molecule has 9 heteroatoms. The lowest BCUT2D eigenvalue weighted by molar-refractivity contribution is -0.161. The highest BCUT2D eigenvalue weighted by molar-refractivity contribution is 14.1. The first-order valence-electron chi connectivity index (χ1n) is 9.87. The average molecular weight is 549 g/mol. The molecular weight excluding hydrogens is 517 g/mol. The van der Waals surface area contributed by atoms with E-state index in [1.54, 1.807) is 0 Å². The zero-order valence-electron chi connectivity index (χ0n) is 18.0. The number of hydrogen-bond donors (Lipinski definition) is 2. The molecule has 4 atom stereocenters. The predicted molar refractivity (Wildman–Crippen MR) is 129 cm³/mol. The van der Waals surface area contributed by atoms with E-state index in [0.717, 1.165) is 14.0 Å². The summed E-state index contributed by atoms with van der Waals surface area (Å²) in [7, 11) is 1.24. The predicted octanol–water partition coefficient (Wildman–Crippen LogP) is 2.18. The van der Waals surface area contributed by atoms with Crippen molar-refractivity contribution in [2.45, 2.75) is 51.2 Å². The SMILES string of the molecule is CCC(C)C(N)C(=O)N(C(=O)C(N)Cc1ccc(I)cc1)C(CCSC)C(=O)OC. The minimum absolute atomic E-state index is 0.154. The third kappa shape index (κ3) is 7.51. The number of esters is 1. The summed E-state index contributed by atoms with van der Waals surface area (Å²) in [6.07, 6.45) is 3.07. The number of hydrogen-bond acceptors (Lipinski definition) is 7. The molecule has 0 aliphatic carbocycles. The van der Waals surface area contributed by atoms with Crippen molar-refractivity contribution in [3.05, 3.63) is 33.4 Å². The van der Waals surface area contributed by atoms with Crippen LogP contribution in [0.1, 0.15) is 32.3 Å². The summed E-state index contributed by atoms with van der Waals surface area (Å²) in [6.45, 7) is 3.75. The topological polar surface area (TPSA) is 116 Å². The maximum absolute atomic E-state index is 13.3. The van der Waals surface area contributed by atoms with Crippen molar-refractivity contribution in [3.8, 4) is 0 Å². The van der Waals surface area contributed by atoms with Crippen LogP contribution < -0.4 is 11.5 Å². The van der Waals surface area contributed by atoms with Crippen molar-refractivity contribution in [1.29, 1.82) is 0 Å². The van der Waals surface area contributed by atoms with Crippen molar-refractivity contribution in [2.24, 2.45) is 17.4 Å². The number of imide groups is 1. The number of rotatable bonds is 11. The number of thioether (sulfide) groups is 1. The molecule has 0 radical (unpaired) electrons. The maximum atomic E-state index is 13.3. The molecule has 7 nitrogen and oxygen atoms in total. The lowest BCUT2D eigenvalue weighted by Gasteiger charge is -2.33. The van der Waals surface area contributed by atoms with Gasteiger partial charge in [0.2, 0.25) is 11.8 Å². The molecule has 1 rings (SSSR count). The quantitative estimate of drug-likeness (QED) is 0.321. The Kier molecular flexibility index (Phi) is 11.9. The lowest BCUT2D eigenvalue weighted by Crippen LogP contribution is -2.60. The number of nitrogens with two attached hydrogens (primary N) is 2.